The number of likely N-dealkylation sites (tertiary alicyclic amines) is 1. The van der Waals surface area contributed by atoms with Gasteiger partial charge in [-0.25, -0.2) is 15.0 Å². The zero-order valence-corrected chi connectivity index (χ0v) is 17.2. The molecular weight excluding hydrogens is 368 g/mol. The fourth-order valence-corrected chi connectivity index (χ4v) is 3.83. The first-order chi connectivity index (χ1) is 14.1. The molecule has 0 radical (unpaired) electrons. The van der Waals surface area contributed by atoms with Crippen molar-refractivity contribution in [3.8, 4) is 0 Å². The molecule has 0 aliphatic carbocycles. The molecule has 0 atom stereocenters. The number of hydrogen-bond acceptors (Lipinski definition) is 7. The highest BCUT2D eigenvalue weighted by Gasteiger charge is 2.28. The lowest BCUT2D eigenvalue weighted by Gasteiger charge is -2.32. The number of amides is 1. The van der Waals surface area contributed by atoms with Crippen molar-refractivity contribution in [1.29, 1.82) is 0 Å². The summed E-state index contributed by atoms with van der Waals surface area (Å²) >= 11 is 0. The summed E-state index contributed by atoms with van der Waals surface area (Å²) in [6.45, 7) is 8.57. The van der Waals surface area contributed by atoms with Crippen molar-refractivity contribution in [3.63, 3.8) is 0 Å². The number of carbonyl (C=O) groups is 1. The van der Waals surface area contributed by atoms with E-state index in [2.05, 4.69) is 27.9 Å². The largest absolute Gasteiger partial charge is 0.378 e. The first-order valence-corrected chi connectivity index (χ1v) is 10.4. The van der Waals surface area contributed by atoms with Crippen molar-refractivity contribution in [2.45, 2.75) is 39.0 Å². The van der Waals surface area contributed by atoms with Gasteiger partial charge in [-0.15, -0.1) is 0 Å². The molecule has 1 amide bonds. The minimum absolute atomic E-state index is 0.0480. The second-order valence-corrected chi connectivity index (χ2v) is 7.64. The first-order valence-electron chi connectivity index (χ1n) is 10.4. The Labute approximate surface area is 171 Å². The lowest BCUT2D eigenvalue weighted by Crippen LogP contribution is -2.39. The topological polar surface area (TPSA) is 84.3 Å². The van der Waals surface area contributed by atoms with Gasteiger partial charge in [0.1, 0.15) is 17.3 Å². The second kappa shape index (κ2) is 8.82. The van der Waals surface area contributed by atoms with Crippen LogP contribution in [0, 0.1) is 6.92 Å². The van der Waals surface area contributed by atoms with Crippen molar-refractivity contribution in [2.24, 2.45) is 0 Å². The monoisotopic (exact) mass is 396 g/mol. The number of hydrogen-bond donors (Lipinski definition) is 0. The van der Waals surface area contributed by atoms with Gasteiger partial charge in [0.15, 0.2) is 0 Å². The molecule has 0 N–H and O–H groups in total. The quantitative estimate of drug-likeness (QED) is 0.781. The van der Waals surface area contributed by atoms with Gasteiger partial charge in [0, 0.05) is 50.1 Å². The summed E-state index contributed by atoms with van der Waals surface area (Å²) in [6.07, 6.45) is 5.81. The molecule has 29 heavy (non-hydrogen) atoms. The normalized spacial score (nSPS) is 18.1. The third-order valence-electron chi connectivity index (χ3n) is 5.63. The lowest BCUT2D eigenvalue weighted by molar-refractivity contribution is 0.0704. The number of morpholine rings is 1. The summed E-state index contributed by atoms with van der Waals surface area (Å²) in [4.78, 5) is 35.0. The predicted octanol–water partition coefficient (Wildman–Crippen LogP) is 1.99. The van der Waals surface area contributed by atoms with E-state index in [4.69, 9.17) is 14.7 Å². The fraction of sp³-hybridized carbons (Fsp3) is 0.571. The van der Waals surface area contributed by atoms with Crippen LogP contribution in [0.2, 0.25) is 0 Å². The van der Waals surface area contributed by atoms with Crippen LogP contribution in [0.5, 0.6) is 0 Å². The van der Waals surface area contributed by atoms with Gasteiger partial charge in [0.05, 0.1) is 25.1 Å². The Hall–Kier alpha value is -2.61. The number of piperidine rings is 1. The molecule has 4 heterocycles. The summed E-state index contributed by atoms with van der Waals surface area (Å²) in [5.41, 5.74) is 2.29. The minimum atomic E-state index is -0.0480. The Morgan fingerprint density at radius 3 is 2.52 bits per heavy atom. The SMILES string of the molecule is CCc1cc(N2CCOCC2)nc(C2CCN(C(=O)c3cnc(C)cn3)CC2)n1. The summed E-state index contributed by atoms with van der Waals surface area (Å²) in [7, 11) is 0. The van der Waals surface area contributed by atoms with Gasteiger partial charge in [0.2, 0.25) is 0 Å². The van der Waals surface area contributed by atoms with Crippen molar-refractivity contribution in [2.75, 3.05) is 44.3 Å². The number of ether oxygens (including phenoxy) is 1. The number of nitrogens with zero attached hydrogens (tertiary/aromatic N) is 6. The number of rotatable bonds is 4. The van der Waals surface area contributed by atoms with E-state index in [-0.39, 0.29) is 11.8 Å². The van der Waals surface area contributed by atoms with Crippen LogP contribution in [-0.2, 0) is 11.2 Å². The molecule has 8 nitrogen and oxygen atoms in total. The van der Waals surface area contributed by atoms with Crippen LogP contribution in [0.25, 0.3) is 0 Å². The van der Waals surface area contributed by atoms with Gasteiger partial charge in [-0.3, -0.25) is 9.78 Å². The molecule has 2 aromatic heterocycles. The van der Waals surface area contributed by atoms with Gasteiger partial charge in [-0.1, -0.05) is 6.92 Å². The Morgan fingerprint density at radius 1 is 1.10 bits per heavy atom. The highest BCUT2D eigenvalue weighted by Crippen LogP contribution is 2.28. The molecule has 4 rings (SSSR count). The molecule has 0 aromatic carbocycles. The van der Waals surface area contributed by atoms with E-state index in [1.165, 1.54) is 0 Å². The lowest BCUT2D eigenvalue weighted by atomic mass is 9.95. The zero-order chi connectivity index (χ0) is 20.2. The maximum Gasteiger partial charge on any atom is 0.274 e. The van der Waals surface area contributed by atoms with E-state index < -0.39 is 0 Å². The molecule has 0 bridgehead atoms. The smallest absolute Gasteiger partial charge is 0.274 e. The second-order valence-electron chi connectivity index (χ2n) is 7.64. The van der Waals surface area contributed by atoms with Gasteiger partial charge in [-0.2, -0.15) is 0 Å². The molecule has 0 saturated carbocycles. The van der Waals surface area contributed by atoms with Crippen molar-refractivity contribution in [3.05, 3.63) is 41.4 Å². The average Bonchev–Trinajstić information content (AvgIpc) is 2.79. The van der Waals surface area contributed by atoms with Crippen LogP contribution in [0.1, 0.15) is 53.4 Å². The Morgan fingerprint density at radius 2 is 1.86 bits per heavy atom. The zero-order valence-electron chi connectivity index (χ0n) is 17.2. The standard InChI is InChI=1S/C21H28N6O2/c1-3-17-12-19(26-8-10-29-11-9-26)25-20(24-17)16-4-6-27(7-5-16)21(28)18-14-22-15(2)13-23-18/h12-14,16H,3-11H2,1-2H3. The van der Waals surface area contributed by atoms with Gasteiger partial charge in [0.25, 0.3) is 5.91 Å². The number of carbonyl (C=O) groups excluding carboxylic acids is 1. The third-order valence-corrected chi connectivity index (χ3v) is 5.63. The minimum Gasteiger partial charge on any atom is -0.378 e. The summed E-state index contributed by atoms with van der Waals surface area (Å²) in [5.74, 6) is 2.14. The number of aryl methyl sites for hydroxylation is 2. The molecular formula is C21H28N6O2. The van der Waals surface area contributed by atoms with Crippen molar-refractivity contribution < 1.29 is 9.53 Å². The molecule has 2 aromatic rings. The third kappa shape index (κ3) is 4.53. The van der Waals surface area contributed by atoms with E-state index in [0.29, 0.717) is 18.8 Å². The van der Waals surface area contributed by atoms with Crippen LogP contribution in [0.4, 0.5) is 5.82 Å². The molecule has 0 unspecified atom stereocenters. The molecule has 2 aliphatic rings. The van der Waals surface area contributed by atoms with E-state index in [9.17, 15) is 4.79 Å². The molecule has 154 valence electrons. The molecule has 2 fully saturated rings. The molecule has 0 spiro atoms. The summed E-state index contributed by atoms with van der Waals surface area (Å²) in [6, 6.07) is 2.10. The average molecular weight is 396 g/mol. The van der Waals surface area contributed by atoms with Crippen LogP contribution < -0.4 is 4.90 Å². The van der Waals surface area contributed by atoms with Crippen LogP contribution in [-0.4, -0.2) is 70.1 Å². The fourth-order valence-electron chi connectivity index (χ4n) is 3.83. The van der Waals surface area contributed by atoms with Crippen molar-refractivity contribution in [1.82, 2.24) is 24.8 Å². The highest BCUT2D eigenvalue weighted by molar-refractivity contribution is 5.92. The first kappa shape index (κ1) is 19.7. The Bertz CT molecular complexity index is 843. The Balaban J connectivity index is 1.45. The Kier molecular flexibility index (Phi) is 5.99. The van der Waals surface area contributed by atoms with Crippen LogP contribution in [0.3, 0.4) is 0 Å². The maximum absolute atomic E-state index is 12.7. The summed E-state index contributed by atoms with van der Waals surface area (Å²) < 4.78 is 5.47. The van der Waals surface area contributed by atoms with Crippen LogP contribution in [0.15, 0.2) is 18.5 Å². The van der Waals surface area contributed by atoms with E-state index >= 15 is 0 Å². The van der Waals surface area contributed by atoms with Gasteiger partial charge in [-0.05, 0) is 26.2 Å². The molecule has 2 aliphatic heterocycles. The maximum atomic E-state index is 12.7. The predicted molar refractivity (Wildman–Crippen MR) is 109 cm³/mol. The summed E-state index contributed by atoms with van der Waals surface area (Å²) in [5, 5.41) is 0. The van der Waals surface area contributed by atoms with E-state index in [1.54, 1.807) is 12.4 Å². The molecule has 8 heteroatoms. The molecule has 2 saturated heterocycles. The highest BCUT2D eigenvalue weighted by atomic mass is 16.5. The van der Waals surface area contributed by atoms with Crippen LogP contribution >= 0.6 is 0 Å². The van der Waals surface area contributed by atoms with E-state index in [1.807, 2.05) is 11.8 Å². The van der Waals surface area contributed by atoms with Gasteiger partial charge < -0.3 is 14.5 Å². The number of anilines is 1. The van der Waals surface area contributed by atoms with Crippen molar-refractivity contribution >= 4 is 11.7 Å². The van der Waals surface area contributed by atoms with Gasteiger partial charge >= 0.3 is 0 Å². The number of aromatic nitrogens is 4. The van der Waals surface area contributed by atoms with E-state index in [0.717, 1.165) is 68.6 Å².